The molecule has 0 bridgehead atoms. The van der Waals surface area contributed by atoms with Crippen LogP contribution in [0.3, 0.4) is 0 Å². The van der Waals surface area contributed by atoms with Gasteiger partial charge in [-0.25, -0.2) is 0 Å². The van der Waals surface area contributed by atoms with Gasteiger partial charge in [0.05, 0.1) is 25.8 Å². The van der Waals surface area contributed by atoms with E-state index in [9.17, 15) is 0 Å². The summed E-state index contributed by atoms with van der Waals surface area (Å²) in [5, 5.41) is 1.97. The first-order chi connectivity index (χ1) is 15.5. The van der Waals surface area contributed by atoms with Crippen LogP contribution in [0.25, 0.3) is 5.57 Å². The Bertz CT molecular complexity index is 1190. The van der Waals surface area contributed by atoms with Gasteiger partial charge in [-0.3, -0.25) is 4.99 Å². The molecule has 0 spiro atoms. The van der Waals surface area contributed by atoms with E-state index in [-0.39, 0.29) is 0 Å². The third-order valence-electron chi connectivity index (χ3n) is 4.88. The quantitative estimate of drug-likeness (QED) is 0.244. The van der Waals surface area contributed by atoms with Gasteiger partial charge < -0.3 is 0 Å². The fourth-order valence-electron chi connectivity index (χ4n) is 3.28. The highest BCUT2D eigenvalue weighted by atomic mass is 35.5. The minimum Gasteiger partial charge on any atom is -0.255 e. The second-order valence-electron chi connectivity index (χ2n) is 7.01. The lowest BCUT2D eigenvalue weighted by Gasteiger charge is -2.11. The van der Waals surface area contributed by atoms with E-state index >= 15 is 0 Å². The SMILES string of the molecule is Clc1ccc(C(=N/C=C(/c2ccccc2)c2ccc(Cl)c(Cl)c2)c2ccccc2)cc1Cl. The number of rotatable bonds is 5. The highest BCUT2D eigenvalue weighted by Crippen LogP contribution is 2.30. The molecule has 4 aromatic rings. The van der Waals surface area contributed by atoms with Crippen molar-refractivity contribution in [1.82, 2.24) is 0 Å². The Kier molecular flexibility index (Phi) is 7.34. The molecule has 0 heterocycles. The Morgan fingerprint density at radius 2 is 1.00 bits per heavy atom. The Balaban J connectivity index is 1.91. The van der Waals surface area contributed by atoms with Crippen LogP contribution in [0.4, 0.5) is 0 Å². The van der Waals surface area contributed by atoms with Crippen molar-refractivity contribution in [2.24, 2.45) is 4.99 Å². The van der Waals surface area contributed by atoms with Crippen molar-refractivity contribution in [3.05, 3.63) is 146 Å². The van der Waals surface area contributed by atoms with E-state index in [0.717, 1.165) is 33.5 Å². The van der Waals surface area contributed by atoms with Crippen molar-refractivity contribution < 1.29 is 0 Å². The normalized spacial score (nSPS) is 12.1. The summed E-state index contributed by atoms with van der Waals surface area (Å²) in [5.41, 5.74) is 5.44. The predicted octanol–water partition coefficient (Wildman–Crippen LogP) is 9.23. The summed E-state index contributed by atoms with van der Waals surface area (Å²) in [7, 11) is 0. The van der Waals surface area contributed by atoms with Crippen molar-refractivity contribution in [2.45, 2.75) is 0 Å². The molecule has 0 N–H and O–H groups in total. The summed E-state index contributed by atoms with van der Waals surface area (Å²) >= 11 is 24.9. The van der Waals surface area contributed by atoms with E-state index in [0.29, 0.717) is 20.1 Å². The van der Waals surface area contributed by atoms with Crippen molar-refractivity contribution in [3.63, 3.8) is 0 Å². The van der Waals surface area contributed by atoms with Crippen molar-refractivity contribution in [3.8, 4) is 0 Å². The zero-order valence-electron chi connectivity index (χ0n) is 16.8. The second kappa shape index (κ2) is 10.4. The summed E-state index contributed by atoms with van der Waals surface area (Å²) in [4.78, 5) is 4.92. The maximum absolute atomic E-state index is 6.31. The number of hydrogen-bond acceptors (Lipinski definition) is 1. The van der Waals surface area contributed by atoms with E-state index in [4.69, 9.17) is 51.4 Å². The summed E-state index contributed by atoms with van der Waals surface area (Å²) < 4.78 is 0. The summed E-state index contributed by atoms with van der Waals surface area (Å²) in [6.07, 6.45) is 1.85. The molecule has 0 unspecified atom stereocenters. The first kappa shape index (κ1) is 22.6. The van der Waals surface area contributed by atoms with E-state index in [2.05, 4.69) is 0 Å². The third kappa shape index (κ3) is 5.26. The molecular formula is C27H17Cl4N. The van der Waals surface area contributed by atoms with E-state index < -0.39 is 0 Å². The van der Waals surface area contributed by atoms with Crippen LogP contribution in [-0.2, 0) is 0 Å². The Hall–Kier alpha value is -2.55. The highest BCUT2D eigenvalue weighted by molar-refractivity contribution is 6.42. The van der Waals surface area contributed by atoms with Crippen LogP contribution in [0.15, 0.2) is 108 Å². The Morgan fingerprint density at radius 1 is 0.500 bits per heavy atom. The predicted molar refractivity (Wildman–Crippen MR) is 139 cm³/mol. The molecule has 0 atom stereocenters. The third-order valence-corrected chi connectivity index (χ3v) is 6.36. The highest BCUT2D eigenvalue weighted by Gasteiger charge is 2.11. The van der Waals surface area contributed by atoms with Crippen molar-refractivity contribution in [2.75, 3.05) is 0 Å². The van der Waals surface area contributed by atoms with Crippen LogP contribution in [-0.4, -0.2) is 5.71 Å². The minimum absolute atomic E-state index is 0.476. The molecular weight excluding hydrogens is 480 g/mol. The van der Waals surface area contributed by atoms with Crippen LogP contribution in [0.2, 0.25) is 20.1 Å². The molecule has 0 aliphatic rings. The van der Waals surface area contributed by atoms with Gasteiger partial charge >= 0.3 is 0 Å². The number of nitrogens with zero attached hydrogens (tertiary/aromatic N) is 1. The molecule has 0 aliphatic carbocycles. The molecule has 158 valence electrons. The van der Waals surface area contributed by atoms with Crippen LogP contribution in [0, 0.1) is 0 Å². The maximum Gasteiger partial charge on any atom is 0.0775 e. The van der Waals surface area contributed by atoms with E-state index in [1.54, 1.807) is 12.1 Å². The van der Waals surface area contributed by atoms with E-state index in [1.165, 1.54) is 0 Å². The van der Waals surface area contributed by atoms with Crippen LogP contribution < -0.4 is 0 Å². The van der Waals surface area contributed by atoms with Gasteiger partial charge in [-0.2, -0.15) is 0 Å². The smallest absolute Gasteiger partial charge is 0.0775 e. The van der Waals surface area contributed by atoms with Crippen molar-refractivity contribution in [1.29, 1.82) is 0 Å². The summed E-state index contributed by atoms with van der Waals surface area (Å²) in [6.45, 7) is 0. The molecule has 0 fully saturated rings. The maximum atomic E-state index is 6.31. The first-order valence-electron chi connectivity index (χ1n) is 9.82. The molecule has 4 rings (SSSR count). The van der Waals surface area contributed by atoms with Gasteiger partial charge in [-0.15, -0.1) is 0 Å². The number of benzene rings is 4. The van der Waals surface area contributed by atoms with Gasteiger partial charge in [-0.1, -0.05) is 119 Å². The largest absolute Gasteiger partial charge is 0.255 e. The molecule has 0 saturated heterocycles. The van der Waals surface area contributed by atoms with Crippen LogP contribution in [0.5, 0.6) is 0 Å². The Labute approximate surface area is 207 Å². The summed E-state index contributed by atoms with van der Waals surface area (Å²) in [5.74, 6) is 0. The summed E-state index contributed by atoms with van der Waals surface area (Å²) in [6, 6.07) is 31.0. The van der Waals surface area contributed by atoms with Gasteiger partial charge in [-0.05, 0) is 35.4 Å². The number of aliphatic imine (C=N–C) groups is 1. The molecule has 0 amide bonds. The lowest BCUT2D eigenvalue weighted by molar-refractivity contribution is 1.46. The van der Waals surface area contributed by atoms with Crippen molar-refractivity contribution >= 4 is 57.7 Å². The fourth-order valence-corrected chi connectivity index (χ4v) is 3.88. The molecule has 0 aromatic heterocycles. The second-order valence-corrected chi connectivity index (χ2v) is 8.64. The lowest BCUT2D eigenvalue weighted by atomic mass is 9.98. The molecule has 4 aromatic carbocycles. The Morgan fingerprint density at radius 3 is 1.56 bits per heavy atom. The van der Waals surface area contributed by atoms with Gasteiger partial charge in [0.1, 0.15) is 0 Å². The van der Waals surface area contributed by atoms with E-state index in [1.807, 2.05) is 91.1 Å². The molecule has 1 nitrogen and oxygen atoms in total. The number of hydrogen-bond donors (Lipinski definition) is 0. The molecule has 5 heteroatoms. The van der Waals surface area contributed by atoms with Gasteiger partial charge in [0.2, 0.25) is 0 Å². The molecule has 32 heavy (non-hydrogen) atoms. The lowest BCUT2D eigenvalue weighted by Crippen LogP contribution is -2.03. The number of halogens is 4. The zero-order chi connectivity index (χ0) is 22.5. The molecule has 0 saturated carbocycles. The first-order valence-corrected chi connectivity index (χ1v) is 11.3. The molecule has 0 radical (unpaired) electrons. The standard InChI is InChI=1S/C27H17Cl4N/c28-23-13-11-20(15-25(23)30)22(18-7-3-1-4-8-18)17-32-27(19-9-5-2-6-10-19)21-12-14-24(29)26(31)16-21/h1-17H/b22-17-,32-27?. The van der Waals surface area contributed by atoms with Gasteiger partial charge in [0.25, 0.3) is 0 Å². The zero-order valence-corrected chi connectivity index (χ0v) is 19.8. The fraction of sp³-hybridized carbons (Fsp3) is 0. The molecule has 0 aliphatic heterocycles. The van der Waals surface area contributed by atoms with Crippen LogP contribution >= 0.6 is 46.4 Å². The van der Waals surface area contributed by atoms with Gasteiger partial charge in [0.15, 0.2) is 0 Å². The monoisotopic (exact) mass is 495 g/mol. The van der Waals surface area contributed by atoms with Gasteiger partial charge in [0, 0.05) is 22.9 Å². The van der Waals surface area contributed by atoms with Crippen LogP contribution in [0.1, 0.15) is 22.3 Å². The topological polar surface area (TPSA) is 12.4 Å². The average Bonchev–Trinajstić information content (AvgIpc) is 2.82. The average molecular weight is 497 g/mol. The minimum atomic E-state index is 0.476.